The number of hydrogen-bond donors (Lipinski definition) is 2. The molecule has 0 bridgehead atoms. The van der Waals surface area contributed by atoms with E-state index in [2.05, 4.69) is 33.2 Å². The first-order valence-corrected chi connectivity index (χ1v) is 6.66. The Morgan fingerprint density at radius 2 is 2.06 bits per heavy atom. The number of benzene rings is 1. The van der Waals surface area contributed by atoms with Crippen molar-refractivity contribution in [1.29, 1.82) is 0 Å². The number of nitrogens with one attached hydrogen (secondary N) is 1. The van der Waals surface area contributed by atoms with E-state index in [4.69, 9.17) is 0 Å². The number of nitrogens with zero attached hydrogens (tertiary/aromatic N) is 1. The SMILES string of the molecule is CCC(Nc1ccc(Br)nc1)c1ccccc1O. The molecule has 2 N–H and O–H groups in total. The molecule has 94 valence electrons. The van der Waals surface area contributed by atoms with Gasteiger partial charge in [-0.15, -0.1) is 0 Å². The second-order valence-corrected chi connectivity index (χ2v) is 4.85. The first kappa shape index (κ1) is 12.9. The summed E-state index contributed by atoms with van der Waals surface area (Å²) in [5, 5.41) is 13.2. The zero-order chi connectivity index (χ0) is 13.0. The van der Waals surface area contributed by atoms with Crippen LogP contribution in [-0.2, 0) is 0 Å². The lowest BCUT2D eigenvalue weighted by atomic mass is 10.0. The van der Waals surface area contributed by atoms with Crippen LogP contribution >= 0.6 is 15.9 Å². The summed E-state index contributed by atoms with van der Waals surface area (Å²) in [6, 6.07) is 11.3. The van der Waals surface area contributed by atoms with Crippen molar-refractivity contribution >= 4 is 21.6 Å². The summed E-state index contributed by atoms with van der Waals surface area (Å²) < 4.78 is 0.809. The van der Waals surface area contributed by atoms with Gasteiger partial charge in [0.25, 0.3) is 0 Å². The number of halogens is 1. The van der Waals surface area contributed by atoms with Crippen LogP contribution in [0.5, 0.6) is 5.75 Å². The maximum atomic E-state index is 9.87. The van der Waals surface area contributed by atoms with Crippen molar-refractivity contribution in [2.24, 2.45) is 0 Å². The molecule has 1 atom stereocenters. The number of phenols is 1. The largest absolute Gasteiger partial charge is 0.508 e. The minimum absolute atomic E-state index is 0.0779. The van der Waals surface area contributed by atoms with Crippen molar-refractivity contribution in [2.75, 3.05) is 5.32 Å². The first-order chi connectivity index (χ1) is 8.70. The summed E-state index contributed by atoms with van der Waals surface area (Å²) in [5.74, 6) is 0.321. The highest BCUT2D eigenvalue weighted by atomic mass is 79.9. The number of aromatic nitrogens is 1. The molecule has 1 aromatic carbocycles. The average molecular weight is 307 g/mol. The Morgan fingerprint density at radius 3 is 2.67 bits per heavy atom. The molecule has 0 aliphatic carbocycles. The molecular weight excluding hydrogens is 292 g/mol. The van der Waals surface area contributed by atoms with Gasteiger partial charge in [-0.2, -0.15) is 0 Å². The van der Waals surface area contributed by atoms with Gasteiger partial charge in [0.05, 0.1) is 17.9 Å². The third kappa shape index (κ3) is 3.01. The number of pyridine rings is 1. The molecule has 0 spiro atoms. The number of hydrogen-bond acceptors (Lipinski definition) is 3. The van der Waals surface area contributed by atoms with Crippen LogP contribution in [0.25, 0.3) is 0 Å². The first-order valence-electron chi connectivity index (χ1n) is 5.86. The van der Waals surface area contributed by atoms with E-state index in [-0.39, 0.29) is 6.04 Å². The lowest BCUT2D eigenvalue weighted by Gasteiger charge is -2.19. The van der Waals surface area contributed by atoms with Gasteiger partial charge in [0.15, 0.2) is 0 Å². The van der Waals surface area contributed by atoms with Crippen LogP contribution in [-0.4, -0.2) is 10.1 Å². The fourth-order valence-corrected chi connectivity index (χ4v) is 2.08. The molecule has 3 nitrogen and oxygen atoms in total. The third-order valence-electron chi connectivity index (χ3n) is 2.79. The van der Waals surface area contributed by atoms with Gasteiger partial charge in [0, 0.05) is 5.56 Å². The fraction of sp³-hybridized carbons (Fsp3) is 0.214. The summed E-state index contributed by atoms with van der Waals surface area (Å²) in [6.07, 6.45) is 2.65. The van der Waals surface area contributed by atoms with E-state index >= 15 is 0 Å². The van der Waals surface area contributed by atoms with Gasteiger partial charge in [-0.1, -0.05) is 25.1 Å². The number of phenolic OH excluding ortho intramolecular Hbond substituents is 1. The Hall–Kier alpha value is -1.55. The Morgan fingerprint density at radius 1 is 1.28 bits per heavy atom. The fourth-order valence-electron chi connectivity index (χ4n) is 1.84. The molecule has 0 saturated carbocycles. The molecule has 0 radical (unpaired) electrons. The minimum atomic E-state index is 0.0779. The molecule has 0 saturated heterocycles. The van der Waals surface area contributed by atoms with Crippen molar-refractivity contribution in [1.82, 2.24) is 4.98 Å². The zero-order valence-corrected chi connectivity index (χ0v) is 11.7. The Bertz CT molecular complexity index is 513. The van der Waals surface area contributed by atoms with Crippen molar-refractivity contribution in [3.63, 3.8) is 0 Å². The Kier molecular flexibility index (Phi) is 4.20. The predicted molar refractivity (Wildman–Crippen MR) is 76.7 cm³/mol. The maximum absolute atomic E-state index is 9.87. The van der Waals surface area contributed by atoms with Crippen LogP contribution in [0, 0.1) is 0 Å². The van der Waals surface area contributed by atoms with Gasteiger partial charge in [-0.25, -0.2) is 4.98 Å². The van der Waals surface area contributed by atoms with Gasteiger partial charge in [0.2, 0.25) is 0 Å². The predicted octanol–water partition coefficient (Wildman–Crippen LogP) is 4.11. The van der Waals surface area contributed by atoms with E-state index in [1.165, 1.54) is 0 Å². The van der Waals surface area contributed by atoms with Crippen molar-refractivity contribution in [3.05, 3.63) is 52.8 Å². The van der Waals surface area contributed by atoms with Crippen LogP contribution in [0.3, 0.4) is 0 Å². The van der Waals surface area contributed by atoms with Crippen molar-refractivity contribution < 1.29 is 5.11 Å². The van der Waals surface area contributed by atoms with E-state index < -0.39 is 0 Å². The van der Waals surface area contributed by atoms with Crippen LogP contribution < -0.4 is 5.32 Å². The minimum Gasteiger partial charge on any atom is -0.508 e. The molecule has 2 rings (SSSR count). The smallest absolute Gasteiger partial charge is 0.120 e. The van der Waals surface area contributed by atoms with E-state index in [0.29, 0.717) is 5.75 Å². The Labute approximate surface area is 115 Å². The van der Waals surface area contributed by atoms with E-state index in [1.807, 2.05) is 30.3 Å². The molecule has 1 aromatic heterocycles. The van der Waals surface area contributed by atoms with Crippen molar-refractivity contribution in [2.45, 2.75) is 19.4 Å². The quantitative estimate of drug-likeness (QED) is 0.835. The van der Waals surface area contributed by atoms with Crippen LogP contribution in [0.2, 0.25) is 0 Å². The molecular formula is C14H15BrN2O. The van der Waals surface area contributed by atoms with Gasteiger partial charge in [-0.3, -0.25) is 0 Å². The second-order valence-electron chi connectivity index (χ2n) is 4.03. The standard InChI is InChI=1S/C14H15BrN2O/c1-2-12(11-5-3-4-6-13(11)18)17-10-7-8-14(15)16-9-10/h3-9,12,17-18H,2H2,1H3. The average Bonchev–Trinajstić information content (AvgIpc) is 2.39. The number of aromatic hydroxyl groups is 1. The van der Waals surface area contributed by atoms with E-state index in [0.717, 1.165) is 22.3 Å². The topological polar surface area (TPSA) is 45.2 Å². The highest BCUT2D eigenvalue weighted by Gasteiger charge is 2.12. The third-order valence-corrected chi connectivity index (χ3v) is 3.26. The van der Waals surface area contributed by atoms with Crippen LogP contribution in [0.15, 0.2) is 47.2 Å². The molecule has 0 aliphatic heterocycles. The maximum Gasteiger partial charge on any atom is 0.120 e. The molecule has 0 fully saturated rings. The second kappa shape index (κ2) is 5.87. The van der Waals surface area contributed by atoms with Crippen molar-refractivity contribution in [3.8, 4) is 5.75 Å². The molecule has 0 aliphatic rings. The molecule has 1 heterocycles. The highest BCUT2D eigenvalue weighted by molar-refractivity contribution is 9.10. The van der Waals surface area contributed by atoms with Gasteiger partial charge < -0.3 is 10.4 Å². The lowest BCUT2D eigenvalue weighted by molar-refractivity contribution is 0.463. The molecule has 4 heteroatoms. The number of rotatable bonds is 4. The van der Waals surface area contributed by atoms with E-state index in [9.17, 15) is 5.11 Å². The number of anilines is 1. The van der Waals surface area contributed by atoms with Gasteiger partial charge in [-0.05, 0) is 40.5 Å². The summed E-state index contributed by atoms with van der Waals surface area (Å²) in [7, 11) is 0. The van der Waals surface area contributed by atoms with Crippen LogP contribution in [0.1, 0.15) is 24.9 Å². The van der Waals surface area contributed by atoms with Gasteiger partial charge in [0.1, 0.15) is 10.4 Å². The van der Waals surface area contributed by atoms with Crippen LogP contribution in [0.4, 0.5) is 5.69 Å². The zero-order valence-electron chi connectivity index (χ0n) is 10.1. The molecule has 2 aromatic rings. The molecule has 1 unspecified atom stereocenters. The Balaban J connectivity index is 2.20. The highest BCUT2D eigenvalue weighted by Crippen LogP contribution is 2.29. The molecule has 18 heavy (non-hydrogen) atoms. The summed E-state index contributed by atoms with van der Waals surface area (Å²) >= 11 is 3.31. The summed E-state index contributed by atoms with van der Waals surface area (Å²) in [5.41, 5.74) is 1.84. The number of para-hydroxylation sites is 1. The molecule has 0 amide bonds. The summed E-state index contributed by atoms with van der Waals surface area (Å²) in [6.45, 7) is 2.08. The van der Waals surface area contributed by atoms with E-state index in [1.54, 1.807) is 12.3 Å². The lowest BCUT2D eigenvalue weighted by Crippen LogP contribution is -2.09. The summed E-state index contributed by atoms with van der Waals surface area (Å²) in [4.78, 5) is 4.17. The monoisotopic (exact) mass is 306 g/mol. The van der Waals surface area contributed by atoms with Gasteiger partial charge >= 0.3 is 0 Å². The normalized spacial score (nSPS) is 12.1.